The van der Waals surface area contributed by atoms with E-state index in [0.717, 1.165) is 5.39 Å². The second kappa shape index (κ2) is 8.35. The summed E-state index contributed by atoms with van der Waals surface area (Å²) >= 11 is 6.18. The molecule has 0 aliphatic heterocycles. The minimum absolute atomic E-state index is 0.100. The highest BCUT2D eigenvalue weighted by Crippen LogP contribution is 2.35. The summed E-state index contributed by atoms with van der Waals surface area (Å²) in [6.45, 7) is 10.8. The van der Waals surface area contributed by atoms with Crippen LogP contribution in [-0.4, -0.2) is 44.9 Å². The molecule has 9 heteroatoms. The molecule has 8 nitrogen and oxygen atoms in total. The third-order valence-electron chi connectivity index (χ3n) is 4.47. The maximum absolute atomic E-state index is 13.4. The van der Waals surface area contributed by atoms with E-state index in [1.54, 1.807) is 66.9 Å². The molecule has 32 heavy (non-hydrogen) atoms. The van der Waals surface area contributed by atoms with E-state index < -0.39 is 23.3 Å². The van der Waals surface area contributed by atoms with Crippen LogP contribution in [0.15, 0.2) is 24.4 Å². The van der Waals surface area contributed by atoms with Crippen molar-refractivity contribution in [2.24, 2.45) is 5.84 Å². The van der Waals surface area contributed by atoms with Crippen LogP contribution in [0.2, 0.25) is 5.15 Å². The normalized spacial score (nSPS) is 12.6. The Morgan fingerprint density at radius 1 is 1.09 bits per heavy atom. The van der Waals surface area contributed by atoms with Gasteiger partial charge in [0.25, 0.3) is 0 Å². The van der Waals surface area contributed by atoms with Gasteiger partial charge in [0.1, 0.15) is 16.4 Å². The first-order valence-corrected chi connectivity index (χ1v) is 10.6. The Hall–Kier alpha value is -2.68. The number of benzene rings is 1. The highest BCUT2D eigenvalue weighted by atomic mass is 35.5. The van der Waals surface area contributed by atoms with E-state index in [-0.39, 0.29) is 17.3 Å². The first-order valence-electron chi connectivity index (χ1n) is 10.2. The number of nitrogens with zero attached hydrogens (tertiary/aromatic N) is 3. The van der Waals surface area contributed by atoms with Crippen molar-refractivity contribution in [3.63, 3.8) is 0 Å². The van der Waals surface area contributed by atoms with Gasteiger partial charge in [-0.15, -0.1) is 0 Å². The molecule has 0 radical (unpaired) electrons. The minimum Gasteiger partial charge on any atom is -0.456 e. The van der Waals surface area contributed by atoms with Crippen LogP contribution in [0.5, 0.6) is 0 Å². The maximum Gasteiger partial charge on any atom is 0.419 e. The molecule has 0 aliphatic carbocycles. The number of nitrogens with two attached hydrogens (primary N) is 1. The zero-order chi connectivity index (χ0) is 24.0. The Morgan fingerprint density at radius 3 is 2.28 bits per heavy atom. The molecule has 172 valence electrons. The lowest BCUT2D eigenvalue weighted by atomic mass is 10.1. The van der Waals surface area contributed by atoms with Gasteiger partial charge in [-0.3, -0.25) is 5.84 Å². The topological polar surface area (TPSA) is 99.7 Å². The molecule has 2 heterocycles. The summed E-state index contributed by atoms with van der Waals surface area (Å²) in [4.78, 5) is 30.9. The third kappa shape index (κ3) is 5.03. The van der Waals surface area contributed by atoms with Gasteiger partial charge in [-0.05, 0) is 47.6 Å². The molecule has 0 spiro atoms. The van der Waals surface area contributed by atoms with E-state index in [1.165, 1.54) is 9.58 Å². The summed E-state index contributed by atoms with van der Waals surface area (Å²) in [6, 6.07) is 5.26. The standard InChI is InChI=1S/C23H29ClN4O4/c1-22(2,3)31-20(29)18-14-9-8-13-11-26-17(24)10-15(13)19(14)28(16(18)12-27(7)25)21(30)32-23(4,5)6/h8-11H,12,25H2,1-7H3. The number of rotatable bonds is 3. The lowest BCUT2D eigenvalue weighted by Crippen LogP contribution is -2.32. The van der Waals surface area contributed by atoms with Crippen LogP contribution in [0, 0.1) is 0 Å². The van der Waals surface area contributed by atoms with E-state index in [9.17, 15) is 9.59 Å². The summed E-state index contributed by atoms with van der Waals surface area (Å²) in [5, 5.41) is 3.60. The Kier molecular flexibility index (Phi) is 6.25. The van der Waals surface area contributed by atoms with Gasteiger partial charge < -0.3 is 9.47 Å². The predicted octanol–water partition coefficient (Wildman–Crippen LogP) is 4.89. The van der Waals surface area contributed by atoms with Crippen LogP contribution in [0.3, 0.4) is 0 Å². The fraction of sp³-hybridized carbons (Fsp3) is 0.435. The molecular formula is C23H29ClN4O4. The van der Waals surface area contributed by atoms with Gasteiger partial charge in [-0.1, -0.05) is 23.7 Å². The summed E-state index contributed by atoms with van der Waals surface area (Å²) in [5.74, 6) is 5.41. The van der Waals surface area contributed by atoms with Crippen LogP contribution < -0.4 is 5.84 Å². The van der Waals surface area contributed by atoms with Crippen molar-refractivity contribution in [2.45, 2.75) is 59.3 Å². The van der Waals surface area contributed by atoms with Crippen LogP contribution in [-0.2, 0) is 16.0 Å². The van der Waals surface area contributed by atoms with Gasteiger partial charge in [0.2, 0.25) is 0 Å². The molecule has 1 aromatic carbocycles. The number of ether oxygens (including phenoxy) is 2. The Bertz CT molecular complexity index is 1200. The molecular weight excluding hydrogens is 432 g/mol. The molecule has 0 saturated carbocycles. The zero-order valence-corrected chi connectivity index (χ0v) is 20.2. The average molecular weight is 461 g/mol. The highest BCUT2D eigenvalue weighted by Gasteiger charge is 2.32. The molecule has 0 aliphatic rings. The molecule has 0 amide bonds. The minimum atomic E-state index is -0.755. The fourth-order valence-corrected chi connectivity index (χ4v) is 3.63. The summed E-state index contributed by atoms with van der Waals surface area (Å²) < 4.78 is 12.8. The number of aromatic nitrogens is 2. The number of hydrazine groups is 1. The number of hydrogen-bond donors (Lipinski definition) is 1. The lowest BCUT2D eigenvalue weighted by molar-refractivity contribution is 0.00698. The van der Waals surface area contributed by atoms with Crippen LogP contribution >= 0.6 is 11.6 Å². The Morgan fingerprint density at radius 2 is 1.72 bits per heavy atom. The number of carbonyl (C=O) groups excluding carboxylic acids is 2. The number of fused-ring (bicyclic) bond motifs is 3. The van der Waals surface area contributed by atoms with E-state index in [4.69, 9.17) is 26.9 Å². The first-order chi connectivity index (χ1) is 14.7. The zero-order valence-electron chi connectivity index (χ0n) is 19.4. The summed E-state index contributed by atoms with van der Waals surface area (Å²) in [5.41, 5.74) is -0.372. The van der Waals surface area contributed by atoms with Crippen molar-refractivity contribution in [3.8, 4) is 0 Å². The van der Waals surface area contributed by atoms with Crippen molar-refractivity contribution in [1.82, 2.24) is 14.6 Å². The molecule has 3 aromatic rings. The van der Waals surface area contributed by atoms with E-state index in [0.29, 0.717) is 22.0 Å². The largest absolute Gasteiger partial charge is 0.456 e. The van der Waals surface area contributed by atoms with Crippen LogP contribution in [0.1, 0.15) is 57.6 Å². The first kappa shape index (κ1) is 24.0. The smallest absolute Gasteiger partial charge is 0.419 e. The van der Waals surface area contributed by atoms with E-state index in [2.05, 4.69) is 4.98 Å². The van der Waals surface area contributed by atoms with Crippen LogP contribution in [0.4, 0.5) is 4.79 Å². The van der Waals surface area contributed by atoms with Gasteiger partial charge in [0.15, 0.2) is 0 Å². The molecule has 2 aromatic heterocycles. The van der Waals surface area contributed by atoms with Gasteiger partial charge in [0.05, 0.1) is 23.3 Å². The van der Waals surface area contributed by atoms with Crippen molar-refractivity contribution in [3.05, 3.63) is 40.8 Å². The molecule has 0 bridgehead atoms. The highest BCUT2D eigenvalue weighted by molar-refractivity contribution is 6.30. The van der Waals surface area contributed by atoms with Gasteiger partial charge in [-0.25, -0.2) is 24.1 Å². The predicted molar refractivity (Wildman–Crippen MR) is 125 cm³/mol. The number of hydrogen-bond acceptors (Lipinski definition) is 7. The molecule has 0 fully saturated rings. The van der Waals surface area contributed by atoms with E-state index in [1.807, 2.05) is 6.07 Å². The monoisotopic (exact) mass is 460 g/mol. The fourth-order valence-electron chi connectivity index (χ4n) is 3.47. The van der Waals surface area contributed by atoms with Crippen LogP contribution in [0.25, 0.3) is 21.7 Å². The molecule has 0 unspecified atom stereocenters. The second-order valence-electron chi connectivity index (χ2n) is 9.74. The lowest BCUT2D eigenvalue weighted by Gasteiger charge is -2.22. The van der Waals surface area contributed by atoms with Crippen molar-refractivity contribution >= 4 is 45.3 Å². The number of pyridine rings is 1. The van der Waals surface area contributed by atoms with Gasteiger partial charge in [0, 0.05) is 29.4 Å². The van der Waals surface area contributed by atoms with Gasteiger partial charge >= 0.3 is 12.1 Å². The SMILES string of the molecule is CN(N)Cc1c(C(=O)OC(C)(C)C)c2ccc3cnc(Cl)cc3c2n1C(=O)OC(C)(C)C. The van der Waals surface area contributed by atoms with Gasteiger partial charge in [-0.2, -0.15) is 0 Å². The molecule has 3 rings (SSSR count). The van der Waals surface area contributed by atoms with Crippen molar-refractivity contribution in [2.75, 3.05) is 7.05 Å². The number of carbonyl (C=O) groups is 2. The third-order valence-corrected chi connectivity index (χ3v) is 4.68. The second-order valence-corrected chi connectivity index (χ2v) is 10.1. The number of esters is 1. The summed E-state index contributed by atoms with van der Waals surface area (Å²) in [6.07, 6.45) is 0.986. The Labute approximate surface area is 192 Å². The molecule has 0 saturated heterocycles. The molecule has 0 atom stereocenters. The Balaban J connectivity index is 2.46. The maximum atomic E-state index is 13.4. The summed E-state index contributed by atoms with van der Waals surface area (Å²) in [7, 11) is 1.65. The number of halogens is 1. The van der Waals surface area contributed by atoms with Crippen molar-refractivity contribution in [1.29, 1.82) is 0 Å². The van der Waals surface area contributed by atoms with E-state index >= 15 is 0 Å². The molecule has 2 N–H and O–H groups in total. The van der Waals surface area contributed by atoms with Crippen molar-refractivity contribution < 1.29 is 19.1 Å². The average Bonchev–Trinajstić information content (AvgIpc) is 2.92. The quantitative estimate of drug-likeness (QED) is 0.257.